The van der Waals surface area contributed by atoms with Gasteiger partial charge in [-0.25, -0.2) is 0 Å². The number of carbonyl (C=O) groups is 1. The normalized spacial score (nSPS) is 15.3. The van der Waals surface area contributed by atoms with E-state index in [0.717, 1.165) is 52.7 Å². The number of aryl methyl sites for hydroxylation is 2. The van der Waals surface area contributed by atoms with Crippen LogP contribution < -0.4 is 15.6 Å². The highest BCUT2D eigenvalue weighted by Crippen LogP contribution is 2.38. The van der Waals surface area contributed by atoms with E-state index in [1.807, 2.05) is 26.0 Å². The Labute approximate surface area is 167 Å². The first-order valence-electron chi connectivity index (χ1n) is 9.35. The van der Waals surface area contributed by atoms with Gasteiger partial charge in [0.05, 0.1) is 4.47 Å². The number of ether oxygens (including phenoxy) is 1. The molecule has 0 saturated carbocycles. The van der Waals surface area contributed by atoms with Crippen molar-refractivity contribution in [3.63, 3.8) is 0 Å². The molecule has 2 heterocycles. The minimum absolute atomic E-state index is 0.157. The molecule has 1 aromatic heterocycles. The third kappa shape index (κ3) is 4.43. The molecule has 0 saturated heterocycles. The number of benzene rings is 1. The second-order valence-corrected chi connectivity index (χ2v) is 8.01. The molecular weight excluding hydrogens is 408 g/mol. The maximum absolute atomic E-state index is 12.6. The molecule has 0 spiro atoms. The van der Waals surface area contributed by atoms with Crippen molar-refractivity contribution in [2.45, 2.75) is 59.1 Å². The minimum Gasteiger partial charge on any atom is -0.489 e. The molecule has 1 aliphatic heterocycles. The first-order valence-corrected chi connectivity index (χ1v) is 10.1. The van der Waals surface area contributed by atoms with Gasteiger partial charge in [0.15, 0.2) is 0 Å². The maximum Gasteiger partial charge on any atom is 0.253 e. The Kier molecular flexibility index (Phi) is 6.05. The van der Waals surface area contributed by atoms with Crippen LogP contribution in [0.1, 0.15) is 58.9 Å². The molecule has 6 heteroatoms. The van der Waals surface area contributed by atoms with Gasteiger partial charge in [-0.1, -0.05) is 19.8 Å². The average Bonchev–Trinajstić information content (AvgIpc) is 3.02. The van der Waals surface area contributed by atoms with Gasteiger partial charge in [-0.05, 0) is 65.5 Å². The SMILES string of the molecule is CCCCC1Cc2cc(C(=O)NCc3c(C)cc(C)[nH]c3=O)cc(Br)c2O1. The number of hydrogen-bond acceptors (Lipinski definition) is 3. The van der Waals surface area contributed by atoms with E-state index in [4.69, 9.17) is 4.74 Å². The van der Waals surface area contributed by atoms with Crippen molar-refractivity contribution >= 4 is 21.8 Å². The number of halogens is 1. The van der Waals surface area contributed by atoms with Gasteiger partial charge in [0.25, 0.3) is 11.5 Å². The van der Waals surface area contributed by atoms with Crippen molar-refractivity contribution in [2.75, 3.05) is 0 Å². The molecule has 2 aromatic rings. The van der Waals surface area contributed by atoms with Gasteiger partial charge >= 0.3 is 0 Å². The molecule has 144 valence electrons. The predicted molar refractivity (Wildman–Crippen MR) is 109 cm³/mol. The van der Waals surface area contributed by atoms with Gasteiger partial charge < -0.3 is 15.0 Å². The lowest BCUT2D eigenvalue weighted by Crippen LogP contribution is -2.28. The number of H-pyrrole nitrogens is 1. The van der Waals surface area contributed by atoms with Gasteiger partial charge in [-0.3, -0.25) is 9.59 Å². The molecule has 27 heavy (non-hydrogen) atoms. The fraction of sp³-hybridized carbons (Fsp3) is 0.429. The third-order valence-electron chi connectivity index (χ3n) is 4.91. The van der Waals surface area contributed by atoms with Crippen molar-refractivity contribution in [1.29, 1.82) is 0 Å². The van der Waals surface area contributed by atoms with Crippen molar-refractivity contribution < 1.29 is 9.53 Å². The monoisotopic (exact) mass is 432 g/mol. The van der Waals surface area contributed by atoms with Crippen LogP contribution in [0.3, 0.4) is 0 Å². The lowest BCUT2D eigenvalue weighted by molar-refractivity contribution is 0.0950. The predicted octanol–water partition coefficient (Wildman–Crippen LogP) is 4.18. The van der Waals surface area contributed by atoms with Crippen molar-refractivity contribution in [3.05, 3.63) is 61.0 Å². The van der Waals surface area contributed by atoms with E-state index in [1.165, 1.54) is 0 Å². The fourth-order valence-electron chi connectivity index (χ4n) is 3.48. The highest BCUT2D eigenvalue weighted by Gasteiger charge is 2.26. The lowest BCUT2D eigenvalue weighted by atomic mass is 10.0. The number of nitrogens with one attached hydrogen (secondary N) is 2. The summed E-state index contributed by atoms with van der Waals surface area (Å²) in [7, 11) is 0. The molecule has 0 bridgehead atoms. The van der Waals surface area contributed by atoms with Gasteiger partial charge in [0.1, 0.15) is 11.9 Å². The van der Waals surface area contributed by atoms with E-state index in [-0.39, 0.29) is 24.1 Å². The van der Waals surface area contributed by atoms with Gasteiger partial charge in [0, 0.05) is 29.8 Å². The van der Waals surface area contributed by atoms with Crippen LogP contribution in [0.25, 0.3) is 0 Å². The number of carbonyl (C=O) groups excluding carboxylic acids is 1. The number of hydrogen-bond donors (Lipinski definition) is 2. The molecule has 0 fully saturated rings. The van der Waals surface area contributed by atoms with E-state index in [1.54, 1.807) is 6.07 Å². The first kappa shape index (κ1) is 19.7. The van der Waals surface area contributed by atoms with Gasteiger partial charge in [-0.15, -0.1) is 0 Å². The molecule has 1 aliphatic rings. The van der Waals surface area contributed by atoms with Crippen LogP contribution in [0.5, 0.6) is 5.75 Å². The topological polar surface area (TPSA) is 71.2 Å². The molecular formula is C21H25BrN2O3. The number of aromatic nitrogens is 1. The van der Waals surface area contributed by atoms with Crippen LogP contribution in [0.2, 0.25) is 0 Å². The first-order chi connectivity index (χ1) is 12.9. The Morgan fingerprint density at radius 2 is 2.11 bits per heavy atom. The number of aromatic amines is 1. The van der Waals surface area contributed by atoms with Crippen LogP contribution >= 0.6 is 15.9 Å². The smallest absolute Gasteiger partial charge is 0.253 e. The average molecular weight is 433 g/mol. The molecule has 1 unspecified atom stereocenters. The van der Waals surface area contributed by atoms with E-state index < -0.39 is 0 Å². The molecule has 1 aromatic carbocycles. The summed E-state index contributed by atoms with van der Waals surface area (Å²) in [6, 6.07) is 5.58. The Bertz CT molecular complexity index is 920. The highest BCUT2D eigenvalue weighted by molar-refractivity contribution is 9.10. The highest BCUT2D eigenvalue weighted by atomic mass is 79.9. The second-order valence-electron chi connectivity index (χ2n) is 7.16. The zero-order chi connectivity index (χ0) is 19.6. The summed E-state index contributed by atoms with van der Waals surface area (Å²) in [5, 5.41) is 2.86. The van der Waals surface area contributed by atoms with E-state index in [0.29, 0.717) is 11.1 Å². The maximum atomic E-state index is 12.6. The molecule has 0 radical (unpaired) electrons. The number of unbranched alkanes of at least 4 members (excludes halogenated alkanes) is 1. The molecule has 0 aliphatic carbocycles. The standard InChI is InChI=1S/C21H25BrN2O3/c1-4-5-6-16-9-14-8-15(10-18(22)19(14)27-16)20(25)23-11-17-12(2)7-13(3)24-21(17)26/h7-8,10,16H,4-6,9,11H2,1-3H3,(H,23,25)(H,24,26). The zero-order valence-electron chi connectivity index (χ0n) is 15.9. The molecule has 2 N–H and O–H groups in total. The Morgan fingerprint density at radius 3 is 2.81 bits per heavy atom. The summed E-state index contributed by atoms with van der Waals surface area (Å²) in [6.07, 6.45) is 4.31. The lowest BCUT2D eigenvalue weighted by Gasteiger charge is -2.11. The Balaban J connectivity index is 1.72. The van der Waals surface area contributed by atoms with Crippen LogP contribution in [-0.4, -0.2) is 17.0 Å². The molecule has 5 nitrogen and oxygen atoms in total. The van der Waals surface area contributed by atoms with Crippen LogP contribution in [0.15, 0.2) is 27.5 Å². The third-order valence-corrected chi connectivity index (χ3v) is 5.50. The van der Waals surface area contributed by atoms with E-state index in [2.05, 4.69) is 33.2 Å². The molecule has 1 atom stereocenters. The summed E-state index contributed by atoms with van der Waals surface area (Å²) in [5.74, 6) is 0.647. The summed E-state index contributed by atoms with van der Waals surface area (Å²) < 4.78 is 6.82. The minimum atomic E-state index is -0.199. The number of rotatable bonds is 6. The van der Waals surface area contributed by atoms with Crippen molar-refractivity contribution in [2.24, 2.45) is 0 Å². The second kappa shape index (κ2) is 8.30. The van der Waals surface area contributed by atoms with Crippen LogP contribution in [0, 0.1) is 13.8 Å². The van der Waals surface area contributed by atoms with E-state index in [9.17, 15) is 9.59 Å². The van der Waals surface area contributed by atoms with Crippen molar-refractivity contribution in [1.82, 2.24) is 10.3 Å². The fourth-order valence-corrected chi connectivity index (χ4v) is 4.08. The summed E-state index contributed by atoms with van der Waals surface area (Å²) in [6.45, 7) is 6.09. The Morgan fingerprint density at radius 1 is 1.33 bits per heavy atom. The largest absolute Gasteiger partial charge is 0.489 e. The molecule has 1 amide bonds. The van der Waals surface area contributed by atoms with Crippen LogP contribution in [0.4, 0.5) is 0 Å². The summed E-state index contributed by atoms with van der Waals surface area (Å²) in [5.41, 5.74) is 3.74. The number of amides is 1. The van der Waals surface area contributed by atoms with Gasteiger partial charge in [0.2, 0.25) is 0 Å². The quantitative estimate of drug-likeness (QED) is 0.718. The van der Waals surface area contributed by atoms with Crippen molar-refractivity contribution in [3.8, 4) is 5.75 Å². The van der Waals surface area contributed by atoms with Crippen LogP contribution in [-0.2, 0) is 13.0 Å². The summed E-state index contributed by atoms with van der Waals surface area (Å²) >= 11 is 3.53. The number of pyridine rings is 1. The Hall–Kier alpha value is -2.08. The summed E-state index contributed by atoms with van der Waals surface area (Å²) in [4.78, 5) is 27.5. The number of fused-ring (bicyclic) bond motifs is 1. The zero-order valence-corrected chi connectivity index (χ0v) is 17.5. The van der Waals surface area contributed by atoms with Gasteiger partial charge in [-0.2, -0.15) is 0 Å². The van der Waals surface area contributed by atoms with E-state index >= 15 is 0 Å². The molecule has 3 rings (SSSR count).